The normalized spacial score (nSPS) is 22.9. The van der Waals surface area contributed by atoms with Crippen LogP contribution in [0.15, 0.2) is 35.1 Å². The largest absolute Gasteiger partial charge is 0.507 e. The predicted molar refractivity (Wildman–Crippen MR) is 117 cm³/mol. The van der Waals surface area contributed by atoms with Crippen LogP contribution < -0.4 is 10.9 Å². The second kappa shape index (κ2) is 7.76. The zero-order valence-electron chi connectivity index (χ0n) is 18.3. The quantitative estimate of drug-likeness (QED) is 0.395. The molecule has 0 bridgehead atoms. The highest BCUT2D eigenvalue weighted by atomic mass is 19.4. The third kappa shape index (κ3) is 3.55. The number of nitrogens with one attached hydrogen (secondary N) is 2. The van der Waals surface area contributed by atoms with Crippen LogP contribution in [0.1, 0.15) is 54.0 Å². The molecule has 0 saturated carbocycles. The van der Waals surface area contributed by atoms with Crippen molar-refractivity contribution in [2.24, 2.45) is 0 Å². The summed E-state index contributed by atoms with van der Waals surface area (Å²) in [5, 5.41) is 24.9. The first-order chi connectivity index (χ1) is 15.4. The van der Waals surface area contributed by atoms with E-state index in [-0.39, 0.29) is 34.3 Å². The molecule has 9 heteroatoms. The number of rotatable bonds is 3. The van der Waals surface area contributed by atoms with Gasteiger partial charge >= 0.3 is 6.18 Å². The molecule has 4 N–H and O–H groups in total. The van der Waals surface area contributed by atoms with Gasteiger partial charge in [0.2, 0.25) is 5.56 Å². The van der Waals surface area contributed by atoms with Crippen molar-refractivity contribution in [3.05, 3.63) is 68.8 Å². The molecule has 4 rings (SSSR count). The van der Waals surface area contributed by atoms with E-state index in [1.807, 2.05) is 0 Å². The van der Waals surface area contributed by atoms with E-state index in [0.717, 1.165) is 12.1 Å². The van der Waals surface area contributed by atoms with Crippen LogP contribution in [-0.4, -0.2) is 27.0 Å². The number of H-pyrrole nitrogens is 1. The molecule has 1 aliphatic carbocycles. The van der Waals surface area contributed by atoms with Gasteiger partial charge in [-0.15, -0.1) is 0 Å². The fraction of sp³-hybridized carbons (Fsp3) is 0.375. The first-order valence-corrected chi connectivity index (χ1v) is 10.6. The van der Waals surface area contributed by atoms with Gasteiger partial charge in [0.25, 0.3) is 0 Å². The van der Waals surface area contributed by atoms with Gasteiger partial charge in [0.05, 0.1) is 11.6 Å². The number of aromatic hydroxyl groups is 1. The van der Waals surface area contributed by atoms with E-state index in [1.54, 1.807) is 26.8 Å². The number of fused-ring (bicyclic) bond motifs is 2. The van der Waals surface area contributed by atoms with Gasteiger partial charge in [0.1, 0.15) is 11.6 Å². The molecule has 0 fully saturated rings. The van der Waals surface area contributed by atoms with Crippen LogP contribution in [0, 0.1) is 19.7 Å². The number of aliphatic hydroxyl groups is 1. The van der Waals surface area contributed by atoms with Gasteiger partial charge in [0.15, 0.2) is 5.60 Å². The number of hydrogen-bond acceptors (Lipinski definition) is 4. The summed E-state index contributed by atoms with van der Waals surface area (Å²) < 4.78 is 57.3. The van der Waals surface area contributed by atoms with Crippen molar-refractivity contribution < 1.29 is 27.8 Å². The van der Waals surface area contributed by atoms with Crippen LogP contribution in [0.2, 0.25) is 0 Å². The molecule has 5 nitrogen and oxygen atoms in total. The number of aryl methyl sites for hydroxylation is 1. The van der Waals surface area contributed by atoms with Crippen molar-refractivity contribution in [3.63, 3.8) is 0 Å². The van der Waals surface area contributed by atoms with Crippen LogP contribution >= 0.6 is 0 Å². The van der Waals surface area contributed by atoms with Crippen molar-refractivity contribution >= 4 is 16.6 Å². The van der Waals surface area contributed by atoms with Crippen LogP contribution in [0.25, 0.3) is 10.9 Å². The fourth-order valence-corrected chi connectivity index (χ4v) is 4.79. The molecule has 3 aromatic rings. The highest BCUT2D eigenvalue weighted by molar-refractivity contribution is 5.91. The standard InChI is InChI=1S/C24H24F4N2O3/c1-4-13-10-23(33,24(26,27)28)22(15-9-11(2)12(3)21(32)19(13)15)29-17-7-6-16(25)20-14(17)5-8-18(31)30-20/h5-9,13,22,29,32-33H,4,10H2,1-3H3,(H,30,31)/t13-,22+,23+/m1/s1. The Kier molecular flexibility index (Phi) is 5.43. The number of phenolic OH excluding ortho intramolecular Hbond substituents is 1. The molecule has 0 unspecified atom stereocenters. The lowest BCUT2D eigenvalue weighted by Gasteiger charge is -2.46. The molecule has 2 aromatic carbocycles. The van der Waals surface area contributed by atoms with Crippen molar-refractivity contribution in [1.82, 2.24) is 4.98 Å². The number of pyridine rings is 1. The molecule has 0 amide bonds. The molecular weight excluding hydrogens is 440 g/mol. The molecule has 3 atom stereocenters. The maximum atomic E-state index is 14.3. The summed E-state index contributed by atoms with van der Waals surface area (Å²) in [7, 11) is 0. The topological polar surface area (TPSA) is 85.4 Å². The average molecular weight is 464 g/mol. The minimum atomic E-state index is -4.99. The zero-order chi connectivity index (χ0) is 24.3. The molecule has 1 aliphatic rings. The minimum absolute atomic E-state index is 0.0823. The fourth-order valence-electron chi connectivity index (χ4n) is 4.79. The molecule has 0 radical (unpaired) electrons. The Morgan fingerprint density at radius 2 is 1.91 bits per heavy atom. The second-order valence-corrected chi connectivity index (χ2v) is 8.68. The first kappa shape index (κ1) is 23.1. The van der Waals surface area contributed by atoms with Gasteiger partial charge in [-0.3, -0.25) is 4.79 Å². The summed E-state index contributed by atoms with van der Waals surface area (Å²) in [5.74, 6) is -1.54. The number of aromatic nitrogens is 1. The van der Waals surface area contributed by atoms with Crippen LogP contribution in [0.5, 0.6) is 5.75 Å². The van der Waals surface area contributed by atoms with Crippen LogP contribution in [0.3, 0.4) is 0 Å². The molecule has 33 heavy (non-hydrogen) atoms. The van der Waals surface area contributed by atoms with Crippen LogP contribution in [-0.2, 0) is 0 Å². The lowest BCUT2D eigenvalue weighted by Crippen LogP contribution is -2.55. The smallest absolute Gasteiger partial charge is 0.419 e. The average Bonchev–Trinajstić information content (AvgIpc) is 2.74. The Morgan fingerprint density at radius 1 is 1.21 bits per heavy atom. The van der Waals surface area contributed by atoms with E-state index >= 15 is 0 Å². The van der Waals surface area contributed by atoms with Gasteiger partial charge in [-0.2, -0.15) is 13.2 Å². The van der Waals surface area contributed by atoms with E-state index in [4.69, 9.17) is 0 Å². The maximum absolute atomic E-state index is 14.3. The monoisotopic (exact) mass is 464 g/mol. The third-order valence-corrected chi connectivity index (χ3v) is 6.77. The SMILES string of the molecule is CC[C@@H]1C[C@@](O)(C(F)(F)F)[C@@H](Nc2ccc(F)c3[nH]c(=O)ccc23)c2cc(C)c(C)c(O)c21. The predicted octanol–water partition coefficient (Wildman–Crippen LogP) is 5.33. The summed E-state index contributed by atoms with van der Waals surface area (Å²) >= 11 is 0. The van der Waals surface area contributed by atoms with Crippen molar-refractivity contribution in [3.8, 4) is 5.75 Å². The van der Waals surface area contributed by atoms with Crippen LogP contribution in [0.4, 0.5) is 23.2 Å². The van der Waals surface area contributed by atoms with Crippen molar-refractivity contribution in [2.75, 3.05) is 5.32 Å². The Labute approximate surface area is 187 Å². The summed E-state index contributed by atoms with van der Waals surface area (Å²) in [6.45, 7) is 5.07. The minimum Gasteiger partial charge on any atom is -0.507 e. The van der Waals surface area contributed by atoms with Gasteiger partial charge in [-0.1, -0.05) is 13.0 Å². The number of anilines is 1. The number of aromatic amines is 1. The van der Waals surface area contributed by atoms with E-state index in [0.29, 0.717) is 16.7 Å². The Morgan fingerprint density at radius 3 is 2.55 bits per heavy atom. The van der Waals surface area contributed by atoms with E-state index in [2.05, 4.69) is 10.3 Å². The highest BCUT2D eigenvalue weighted by Gasteiger charge is 2.62. The Bertz CT molecular complexity index is 1300. The Hall–Kier alpha value is -3.07. The number of phenols is 1. The third-order valence-electron chi connectivity index (χ3n) is 6.77. The zero-order valence-corrected chi connectivity index (χ0v) is 18.3. The lowest BCUT2D eigenvalue weighted by atomic mass is 9.68. The first-order valence-electron chi connectivity index (χ1n) is 10.6. The van der Waals surface area contributed by atoms with Crippen molar-refractivity contribution in [2.45, 2.75) is 57.3 Å². The van der Waals surface area contributed by atoms with E-state index in [1.165, 1.54) is 12.1 Å². The van der Waals surface area contributed by atoms with E-state index < -0.39 is 41.5 Å². The number of alkyl halides is 3. The molecule has 1 aromatic heterocycles. The van der Waals surface area contributed by atoms with E-state index in [9.17, 15) is 32.6 Å². The summed E-state index contributed by atoms with van der Waals surface area (Å²) in [6, 6.07) is 4.62. The summed E-state index contributed by atoms with van der Waals surface area (Å²) in [6.07, 6.45) is -5.35. The molecular formula is C24H24F4N2O3. The Balaban J connectivity index is 1.98. The molecule has 0 aliphatic heterocycles. The van der Waals surface area contributed by atoms with Gasteiger partial charge in [0, 0.05) is 22.7 Å². The highest BCUT2D eigenvalue weighted by Crippen LogP contribution is 2.56. The number of benzene rings is 2. The number of halogens is 4. The van der Waals surface area contributed by atoms with Crippen molar-refractivity contribution in [1.29, 1.82) is 0 Å². The number of hydrogen-bond donors (Lipinski definition) is 4. The van der Waals surface area contributed by atoms with Gasteiger partial charge < -0.3 is 20.5 Å². The summed E-state index contributed by atoms with van der Waals surface area (Å²) in [5.41, 5.74) is -2.13. The lowest BCUT2D eigenvalue weighted by molar-refractivity contribution is -0.272. The summed E-state index contributed by atoms with van der Waals surface area (Å²) in [4.78, 5) is 14.0. The van der Waals surface area contributed by atoms with Gasteiger partial charge in [-0.05, 0) is 67.5 Å². The second-order valence-electron chi connectivity index (χ2n) is 8.68. The molecule has 1 heterocycles. The molecule has 0 spiro atoms. The van der Waals surface area contributed by atoms with Gasteiger partial charge in [-0.25, -0.2) is 4.39 Å². The molecule has 0 saturated heterocycles. The molecule has 176 valence electrons. The maximum Gasteiger partial charge on any atom is 0.419 e.